The molecule has 1 amide bonds. The molecule has 1 atom stereocenters. The van der Waals surface area contributed by atoms with Gasteiger partial charge in [0.25, 0.3) is 0 Å². The quantitative estimate of drug-likeness (QED) is 0.505. The van der Waals surface area contributed by atoms with Gasteiger partial charge in [0.05, 0.1) is 6.54 Å². The minimum Gasteiger partial charge on any atom is -0.480 e. The SMILES string of the molecule is CC(=O)CNC(=O)CC[C@H](N)C(=O)O. The summed E-state index contributed by atoms with van der Waals surface area (Å²) < 4.78 is 0. The van der Waals surface area contributed by atoms with Crippen molar-refractivity contribution in [1.82, 2.24) is 5.32 Å². The Bertz CT molecular complexity index is 239. The maximum absolute atomic E-state index is 11.0. The van der Waals surface area contributed by atoms with Gasteiger partial charge in [-0.05, 0) is 13.3 Å². The molecular formula is C8H14N2O4. The number of Topliss-reactive ketones (excluding diaryl/α,β-unsaturated/α-hetero) is 1. The highest BCUT2D eigenvalue weighted by atomic mass is 16.4. The van der Waals surface area contributed by atoms with Crippen molar-refractivity contribution in [2.24, 2.45) is 5.73 Å². The van der Waals surface area contributed by atoms with Crippen molar-refractivity contribution in [3.8, 4) is 0 Å². The predicted molar refractivity (Wildman–Crippen MR) is 48.5 cm³/mol. The molecule has 0 saturated heterocycles. The van der Waals surface area contributed by atoms with Gasteiger partial charge in [0.15, 0.2) is 0 Å². The van der Waals surface area contributed by atoms with E-state index in [1.165, 1.54) is 6.92 Å². The van der Waals surface area contributed by atoms with E-state index in [1.54, 1.807) is 0 Å². The number of amides is 1. The van der Waals surface area contributed by atoms with Crippen LogP contribution >= 0.6 is 0 Å². The number of carbonyl (C=O) groups excluding carboxylic acids is 2. The third kappa shape index (κ3) is 6.13. The highest BCUT2D eigenvalue weighted by molar-refractivity contribution is 5.84. The number of nitrogens with one attached hydrogen (secondary N) is 1. The molecule has 6 heteroatoms. The van der Waals surface area contributed by atoms with Crippen LogP contribution in [0.2, 0.25) is 0 Å². The van der Waals surface area contributed by atoms with Gasteiger partial charge in [-0.3, -0.25) is 14.4 Å². The van der Waals surface area contributed by atoms with Crippen LogP contribution in [0.25, 0.3) is 0 Å². The van der Waals surface area contributed by atoms with E-state index in [2.05, 4.69) is 5.32 Å². The molecule has 0 radical (unpaired) electrons. The molecule has 80 valence electrons. The molecule has 0 rings (SSSR count). The minimum absolute atomic E-state index is 0.0146. The van der Waals surface area contributed by atoms with E-state index >= 15 is 0 Å². The van der Waals surface area contributed by atoms with Crippen LogP contribution in [0, 0.1) is 0 Å². The Kier molecular flexibility index (Phi) is 5.47. The van der Waals surface area contributed by atoms with Crippen LogP contribution in [0.3, 0.4) is 0 Å². The summed E-state index contributed by atoms with van der Waals surface area (Å²) in [4.78, 5) is 31.7. The standard InChI is InChI=1S/C8H14N2O4/c1-5(11)4-10-7(12)3-2-6(9)8(13)14/h6H,2-4,9H2,1H3,(H,10,12)(H,13,14)/t6-/m0/s1. The van der Waals surface area contributed by atoms with Gasteiger partial charge in [-0.25, -0.2) is 0 Å². The van der Waals surface area contributed by atoms with E-state index in [9.17, 15) is 14.4 Å². The number of aliphatic carboxylic acids is 1. The van der Waals surface area contributed by atoms with Gasteiger partial charge >= 0.3 is 5.97 Å². The number of carboxylic acids is 1. The zero-order valence-electron chi connectivity index (χ0n) is 7.95. The molecule has 0 aromatic carbocycles. The van der Waals surface area contributed by atoms with Gasteiger partial charge in [-0.1, -0.05) is 0 Å². The molecule has 0 bridgehead atoms. The van der Waals surface area contributed by atoms with E-state index in [0.717, 1.165) is 0 Å². The fraction of sp³-hybridized carbons (Fsp3) is 0.625. The summed E-state index contributed by atoms with van der Waals surface area (Å²) in [5, 5.41) is 10.7. The smallest absolute Gasteiger partial charge is 0.320 e. The van der Waals surface area contributed by atoms with Crippen LogP contribution in [0.1, 0.15) is 19.8 Å². The van der Waals surface area contributed by atoms with E-state index in [-0.39, 0.29) is 31.1 Å². The third-order valence-corrected chi connectivity index (χ3v) is 1.53. The lowest BCUT2D eigenvalue weighted by molar-refractivity contribution is -0.138. The number of carboxylic acid groups (broad SMARTS) is 1. The summed E-state index contributed by atoms with van der Waals surface area (Å²) in [6, 6.07) is -1.03. The number of rotatable bonds is 6. The molecule has 0 heterocycles. The average Bonchev–Trinajstić information content (AvgIpc) is 2.10. The molecular weight excluding hydrogens is 188 g/mol. The predicted octanol–water partition coefficient (Wildman–Crippen LogP) is -1.12. The van der Waals surface area contributed by atoms with Gasteiger partial charge in [0.2, 0.25) is 5.91 Å². The maximum atomic E-state index is 11.0. The third-order valence-electron chi connectivity index (χ3n) is 1.53. The molecule has 0 aromatic rings. The van der Waals surface area contributed by atoms with Gasteiger partial charge in [-0.2, -0.15) is 0 Å². The first-order valence-electron chi connectivity index (χ1n) is 4.18. The van der Waals surface area contributed by atoms with Crippen molar-refractivity contribution in [2.45, 2.75) is 25.8 Å². The first-order valence-corrected chi connectivity index (χ1v) is 4.18. The Hall–Kier alpha value is -1.43. The maximum Gasteiger partial charge on any atom is 0.320 e. The number of hydrogen-bond donors (Lipinski definition) is 3. The fourth-order valence-electron chi connectivity index (χ4n) is 0.722. The van der Waals surface area contributed by atoms with Crippen LogP contribution in [0.5, 0.6) is 0 Å². The van der Waals surface area contributed by atoms with Crippen molar-refractivity contribution in [3.63, 3.8) is 0 Å². The second-order valence-electron chi connectivity index (χ2n) is 2.96. The normalized spacial score (nSPS) is 11.9. The van der Waals surface area contributed by atoms with E-state index in [4.69, 9.17) is 10.8 Å². The Morgan fingerprint density at radius 3 is 2.43 bits per heavy atom. The van der Waals surface area contributed by atoms with Crippen molar-refractivity contribution < 1.29 is 19.5 Å². The number of ketones is 1. The summed E-state index contributed by atoms with van der Waals surface area (Å²) in [6.45, 7) is 1.32. The Morgan fingerprint density at radius 1 is 1.43 bits per heavy atom. The Balaban J connectivity index is 3.64. The Labute approximate surface area is 81.5 Å². The second-order valence-corrected chi connectivity index (χ2v) is 2.96. The van der Waals surface area contributed by atoms with Crippen LogP contribution in [-0.4, -0.2) is 35.4 Å². The average molecular weight is 202 g/mol. The summed E-state index contributed by atoms with van der Waals surface area (Å²) in [5.74, 6) is -1.65. The summed E-state index contributed by atoms with van der Waals surface area (Å²) >= 11 is 0. The lowest BCUT2D eigenvalue weighted by Crippen LogP contribution is -2.33. The summed E-state index contributed by atoms with van der Waals surface area (Å²) in [7, 11) is 0. The number of hydrogen-bond acceptors (Lipinski definition) is 4. The summed E-state index contributed by atoms with van der Waals surface area (Å²) in [5.41, 5.74) is 5.17. The largest absolute Gasteiger partial charge is 0.480 e. The fourth-order valence-corrected chi connectivity index (χ4v) is 0.722. The molecule has 0 unspecified atom stereocenters. The topological polar surface area (TPSA) is 109 Å². The van der Waals surface area contributed by atoms with Crippen molar-refractivity contribution in [2.75, 3.05) is 6.54 Å². The summed E-state index contributed by atoms with van der Waals surface area (Å²) in [6.07, 6.45) is 0.0832. The molecule has 0 fully saturated rings. The van der Waals surface area contributed by atoms with Gasteiger partial charge in [-0.15, -0.1) is 0 Å². The van der Waals surface area contributed by atoms with E-state index in [0.29, 0.717) is 0 Å². The first kappa shape index (κ1) is 12.6. The van der Waals surface area contributed by atoms with Crippen LogP contribution in [-0.2, 0) is 14.4 Å². The van der Waals surface area contributed by atoms with Crippen LogP contribution in [0.15, 0.2) is 0 Å². The van der Waals surface area contributed by atoms with Crippen molar-refractivity contribution in [1.29, 1.82) is 0 Å². The molecule has 0 aromatic heterocycles. The van der Waals surface area contributed by atoms with Gasteiger partial charge < -0.3 is 16.2 Å². The molecule has 0 spiro atoms. The zero-order chi connectivity index (χ0) is 11.1. The number of nitrogens with two attached hydrogens (primary N) is 1. The highest BCUT2D eigenvalue weighted by Gasteiger charge is 2.13. The van der Waals surface area contributed by atoms with Crippen LogP contribution in [0.4, 0.5) is 0 Å². The van der Waals surface area contributed by atoms with Crippen LogP contribution < -0.4 is 11.1 Å². The van der Waals surface area contributed by atoms with Crippen molar-refractivity contribution in [3.05, 3.63) is 0 Å². The molecule has 0 aliphatic rings. The highest BCUT2D eigenvalue weighted by Crippen LogP contribution is 1.94. The minimum atomic E-state index is -1.13. The number of carbonyl (C=O) groups is 3. The Morgan fingerprint density at radius 2 is 2.00 bits per heavy atom. The molecule has 0 saturated carbocycles. The zero-order valence-corrected chi connectivity index (χ0v) is 7.95. The van der Waals surface area contributed by atoms with Gasteiger partial charge in [0, 0.05) is 6.42 Å². The molecule has 6 nitrogen and oxygen atoms in total. The lowest BCUT2D eigenvalue weighted by Gasteiger charge is -2.05. The monoisotopic (exact) mass is 202 g/mol. The molecule has 4 N–H and O–H groups in total. The van der Waals surface area contributed by atoms with E-state index < -0.39 is 12.0 Å². The molecule has 0 aliphatic carbocycles. The first-order chi connectivity index (χ1) is 6.43. The van der Waals surface area contributed by atoms with E-state index in [1.807, 2.05) is 0 Å². The molecule has 0 aliphatic heterocycles. The lowest BCUT2D eigenvalue weighted by atomic mass is 10.1. The van der Waals surface area contributed by atoms with Gasteiger partial charge in [0.1, 0.15) is 11.8 Å². The second kappa shape index (κ2) is 6.09. The van der Waals surface area contributed by atoms with Crippen molar-refractivity contribution >= 4 is 17.7 Å². The molecule has 14 heavy (non-hydrogen) atoms.